The zero-order valence-corrected chi connectivity index (χ0v) is 25.3. The van der Waals surface area contributed by atoms with Crippen LogP contribution in [0.2, 0.25) is 0 Å². The zero-order valence-electron chi connectivity index (χ0n) is 25.3. The molecule has 0 spiro atoms. The quantitative estimate of drug-likeness (QED) is 0.0734. The lowest BCUT2D eigenvalue weighted by Gasteiger charge is -2.39. The topological polar surface area (TPSA) is 135 Å². The van der Waals surface area contributed by atoms with Gasteiger partial charge in [0.2, 0.25) is 0 Å². The van der Waals surface area contributed by atoms with Gasteiger partial charge in [0.25, 0.3) is 0 Å². The fourth-order valence-corrected chi connectivity index (χ4v) is 4.36. The number of esters is 1. The minimum absolute atomic E-state index is 0.127. The molecule has 9 heteroatoms. The number of aliphatic hydroxyl groups excluding tert-OH is 4. The van der Waals surface area contributed by atoms with Crippen LogP contribution in [0.1, 0.15) is 97.3 Å². The first kappa shape index (κ1) is 37.4. The molecular weight excluding hydrogens is 528 g/mol. The van der Waals surface area contributed by atoms with Gasteiger partial charge in [0.05, 0.1) is 19.8 Å². The number of carbonyl (C=O) groups is 1. The molecule has 4 N–H and O–H groups in total. The molecule has 1 rings (SSSR count). The van der Waals surface area contributed by atoms with Gasteiger partial charge >= 0.3 is 5.97 Å². The number of aliphatic hydroxyl groups is 4. The van der Waals surface area contributed by atoms with Crippen LogP contribution < -0.4 is 0 Å². The maximum absolute atomic E-state index is 11.8. The van der Waals surface area contributed by atoms with E-state index in [2.05, 4.69) is 43.4 Å². The van der Waals surface area contributed by atoms with Gasteiger partial charge in [0.1, 0.15) is 30.5 Å². The lowest BCUT2D eigenvalue weighted by Crippen LogP contribution is -2.59. The van der Waals surface area contributed by atoms with E-state index in [-0.39, 0.29) is 19.6 Å². The molecule has 238 valence electrons. The number of allylic oxidation sites excluding steroid dienone is 6. The third-order valence-corrected chi connectivity index (χ3v) is 6.87. The molecule has 0 aromatic rings. The van der Waals surface area contributed by atoms with Crippen molar-refractivity contribution in [1.82, 2.24) is 0 Å². The second-order valence-corrected chi connectivity index (χ2v) is 10.5. The Morgan fingerprint density at radius 3 is 2.02 bits per heavy atom. The third kappa shape index (κ3) is 17.9. The number of hydrogen-bond acceptors (Lipinski definition) is 9. The average molecular weight is 585 g/mol. The van der Waals surface area contributed by atoms with Crippen molar-refractivity contribution in [2.24, 2.45) is 0 Å². The number of carbonyl (C=O) groups excluding carboxylic acids is 1. The van der Waals surface area contributed by atoms with E-state index in [1.54, 1.807) is 6.92 Å². The van der Waals surface area contributed by atoms with Crippen LogP contribution >= 0.6 is 0 Å². The number of hydrogen-bond donors (Lipinski definition) is 4. The van der Waals surface area contributed by atoms with E-state index in [1.165, 1.54) is 32.1 Å². The van der Waals surface area contributed by atoms with E-state index in [1.807, 2.05) is 0 Å². The van der Waals surface area contributed by atoms with Gasteiger partial charge in [-0.2, -0.15) is 0 Å². The highest BCUT2D eigenvalue weighted by Crippen LogP contribution is 2.22. The van der Waals surface area contributed by atoms with E-state index in [0.717, 1.165) is 44.9 Å². The normalized spacial score (nSPS) is 24.1. The summed E-state index contributed by atoms with van der Waals surface area (Å²) in [5.74, 6) is -0.407. The highest BCUT2D eigenvalue weighted by Gasteiger charge is 2.44. The van der Waals surface area contributed by atoms with E-state index in [9.17, 15) is 25.2 Å². The zero-order chi connectivity index (χ0) is 30.1. The smallest absolute Gasteiger partial charge is 0.305 e. The Kier molecular flexibility index (Phi) is 22.8. The Hall–Kier alpha value is -1.59. The van der Waals surface area contributed by atoms with Crippen LogP contribution in [0.25, 0.3) is 0 Å². The van der Waals surface area contributed by atoms with Crippen LogP contribution in [0.4, 0.5) is 0 Å². The highest BCUT2D eigenvalue weighted by molar-refractivity contribution is 5.69. The van der Waals surface area contributed by atoms with Gasteiger partial charge in [-0.1, -0.05) is 88.8 Å². The average Bonchev–Trinajstić information content (AvgIpc) is 2.98. The van der Waals surface area contributed by atoms with Gasteiger partial charge in [0, 0.05) is 13.0 Å². The maximum Gasteiger partial charge on any atom is 0.305 e. The summed E-state index contributed by atoms with van der Waals surface area (Å²) in [7, 11) is 0. The van der Waals surface area contributed by atoms with Crippen molar-refractivity contribution >= 4 is 5.97 Å². The van der Waals surface area contributed by atoms with Crippen LogP contribution in [0.3, 0.4) is 0 Å². The summed E-state index contributed by atoms with van der Waals surface area (Å²) in [6, 6.07) is 0. The highest BCUT2D eigenvalue weighted by atomic mass is 16.7. The van der Waals surface area contributed by atoms with E-state index in [0.29, 0.717) is 6.61 Å². The van der Waals surface area contributed by atoms with Crippen molar-refractivity contribution in [3.8, 4) is 0 Å². The van der Waals surface area contributed by atoms with Crippen molar-refractivity contribution in [3.63, 3.8) is 0 Å². The predicted molar refractivity (Wildman–Crippen MR) is 159 cm³/mol. The lowest BCUT2D eigenvalue weighted by molar-refractivity contribution is -0.305. The van der Waals surface area contributed by atoms with Crippen molar-refractivity contribution in [2.75, 3.05) is 26.4 Å². The molecule has 9 nitrogen and oxygen atoms in total. The first-order valence-electron chi connectivity index (χ1n) is 15.6. The third-order valence-electron chi connectivity index (χ3n) is 6.87. The van der Waals surface area contributed by atoms with Crippen LogP contribution in [0, 0.1) is 0 Å². The maximum atomic E-state index is 11.8. The van der Waals surface area contributed by atoms with Crippen LogP contribution in [0.5, 0.6) is 0 Å². The van der Waals surface area contributed by atoms with E-state index in [4.69, 9.17) is 18.9 Å². The Morgan fingerprint density at radius 2 is 1.39 bits per heavy atom. The molecule has 1 fully saturated rings. The largest absolute Gasteiger partial charge is 0.457 e. The number of ether oxygens (including phenoxy) is 4. The lowest BCUT2D eigenvalue weighted by atomic mass is 9.99. The number of rotatable bonds is 24. The fraction of sp³-hybridized carbons (Fsp3) is 0.781. The summed E-state index contributed by atoms with van der Waals surface area (Å²) >= 11 is 0. The molecule has 1 aliphatic rings. The summed E-state index contributed by atoms with van der Waals surface area (Å²) < 4.78 is 22.0. The Morgan fingerprint density at radius 1 is 0.780 bits per heavy atom. The molecule has 0 aliphatic carbocycles. The molecule has 0 aromatic carbocycles. The SMILES string of the molecule is CC/C=C\C/C=C\C/C=C\CCCCCCCCCCOCC(COC1OC(CO)C(O)C(O)C1O)OC(=O)CC. The molecule has 0 saturated carbocycles. The van der Waals surface area contributed by atoms with Gasteiger partial charge in [-0.15, -0.1) is 0 Å². The first-order valence-corrected chi connectivity index (χ1v) is 15.6. The summed E-state index contributed by atoms with van der Waals surface area (Å²) in [4.78, 5) is 11.8. The Labute approximate surface area is 247 Å². The summed E-state index contributed by atoms with van der Waals surface area (Å²) in [6.07, 6.45) is 19.7. The minimum atomic E-state index is -1.53. The molecule has 1 aliphatic heterocycles. The fourth-order valence-electron chi connectivity index (χ4n) is 4.36. The molecule has 6 atom stereocenters. The summed E-state index contributed by atoms with van der Waals surface area (Å²) in [6.45, 7) is 3.83. The number of unbranched alkanes of at least 4 members (excludes halogenated alkanes) is 8. The van der Waals surface area contributed by atoms with Crippen molar-refractivity contribution < 1.29 is 44.2 Å². The Balaban J connectivity index is 2.10. The van der Waals surface area contributed by atoms with E-state index >= 15 is 0 Å². The molecule has 1 saturated heterocycles. The standard InChI is InChI=1S/C32H56O9/c1-3-5-6-7-8-9-10-11-12-13-14-15-16-17-18-19-20-21-22-38-24-26(40-28(34)4-2)25-39-32-31(37)30(36)29(35)27(23-33)41-32/h5-6,8-9,11-12,26-27,29-33,35-37H,3-4,7,10,13-25H2,1-2H3/b6-5-,9-8-,12-11-. The molecule has 1 heterocycles. The molecule has 41 heavy (non-hydrogen) atoms. The molecule has 6 unspecified atom stereocenters. The van der Waals surface area contributed by atoms with Gasteiger partial charge in [-0.25, -0.2) is 0 Å². The second kappa shape index (κ2) is 25.0. The molecule has 0 amide bonds. The minimum Gasteiger partial charge on any atom is -0.457 e. The molecule has 0 bridgehead atoms. The second-order valence-electron chi connectivity index (χ2n) is 10.5. The van der Waals surface area contributed by atoms with Gasteiger partial charge < -0.3 is 39.4 Å². The van der Waals surface area contributed by atoms with E-state index < -0.39 is 49.4 Å². The van der Waals surface area contributed by atoms with Crippen LogP contribution in [0.15, 0.2) is 36.5 Å². The van der Waals surface area contributed by atoms with Crippen LogP contribution in [-0.4, -0.2) is 89.6 Å². The first-order chi connectivity index (χ1) is 19.9. The predicted octanol–water partition coefficient (Wildman–Crippen LogP) is 4.51. The van der Waals surface area contributed by atoms with Gasteiger partial charge in [0.15, 0.2) is 6.29 Å². The van der Waals surface area contributed by atoms with Gasteiger partial charge in [-0.05, 0) is 38.5 Å². The molecule has 0 radical (unpaired) electrons. The van der Waals surface area contributed by atoms with Crippen LogP contribution in [-0.2, 0) is 23.7 Å². The monoisotopic (exact) mass is 584 g/mol. The van der Waals surface area contributed by atoms with Crippen molar-refractivity contribution in [2.45, 2.75) is 134 Å². The molecular formula is C32H56O9. The summed E-state index contributed by atoms with van der Waals surface area (Å²) in [5, 5.41) is 39.2. The van der Waals surface area contributed by atoms with Crippen molar-refractivity contribution in [1.29, 1.82) is 0 Å². The summed E-state index contributed by atoms with van der Waals surface area (Å²) in [5.41, 5.74) is 0. The van der Waals surface area contributed by atoms with Gasteiger partial charge in [-0.3, -0.25) is 4.79 Å². The molecule has 0 aromatic heterocycles. The van der Waals surface area contributed by atoms with Crippen molar-refractivity contribution in [3.05, 3.63) is 36.5 Å². The Bertz CT molecular complexity index is 722.